The lowest BCUT2D eigenvalue weighted by molar-refractivity contribution is -0.274. The predicted octanol–water partition coefficient (Wildman–Crippen LogP) is 7.39. The number of nitrogens with one attached hydrogen (secondary N) is 2. The molecule has 1 spiro atoms. The van der Waals surface area contributed by atoms with Gasteiger partial charge in [0.2, 0.25) is 5.91 Å². The molecule has 2 fully saturated rings. The number of nitrogen functional groups attached to an aromatic ring is 1. The smallest absolute Gasteiger partial charge is 0.457 e. The molecule has 2 aliphatic rings. The van der Waals surface area contributed by atoms with Gasteiger partial charge < -0.3 is 25.8 Å². The first-order valence-electron chi connectivity index (χ1n) is 14.7. The van der Waals surface area contributed by atoms with Gasteiger partial charge in [0.1, 0.15) is 17.2 Å². The monoisotopic (exact) mass is 671 g/mol. The normalized spacial score (nSPS) is 19.5. The van der Waals surface area contributed by atoms with E-state index in [1.165, 1.54) is 36.4 Å². The molecule has 1 saturated carbocycles. The first-order valence-corrected chi connectivity index (χ1v) is 17.1. The molecule has 1 saturated heterocycles. The number of thiophene rings is 1. The number of nitrogens with two attached hydrogens (primary N) is 1. The van der Waals surface area contributed by atoms with E-state index in [4.69, 9.17) is 10.5 Å². The number of ether oxygens (including phenoxy) is 2. The summed E-state index contributed by atoms with van der Waals surface area (Å²) in [6.07, 6.45) is -2.33. The van der Waals surface area contributed by atoms with Gasteiger partial charge in [0.25, 0.3) is 0 Å². The molecule has 6 rings (SSSR count). The standard InChI is InChI=1S/C33H32F3N3O5S2/c34-33(35,36)44-25-6-4-23(5-7-25)43-24-8-10-26(11-9-24)46(41,42)32(14-13-31(21-32)15-17-38-18-16-31)30(40)39-28-20-22(3-12-27(28)37)29-2-1-19-45-29/h1-12,19-20,38H,13-18,21,37H2,(H,39,40). The molecule has 4 N–H and O–H groups in total. The van der Waals surface area contributed by atoms with Crippen molar-refractivity contribution in [2.24, 2.45) is 5.41 Å². The van der Waals surface area contributed by atoms with Crippen LogP contribution in [0.15, 0.2) is 89.1 Å². The molecule has 4 aromatic rings. The van der Waals surface area contributed by atoms with E-state index >= 15 is 0 Å². The molecule has 3 aromatic carbocycles. The van der Waals surface area contributed by atoms with Crippen molar-refractivity contribution in [3.05, 3.63) is 84.2 Å². The van der Waals surface area contributed by atoms with Crippen LogP contribution in [0.3, 0.4) is 0 Å². The SMILES string of the molecule is Nc1ccc(-c2cccs2)cc1NC(=O)C1(S(=O)(=O)c2ccc(Oc3ccc(OC(F)(F)F)cc3)cc2)CCC2(CCNCC2)C1. The van der Waals surface area contributed by atoms with Crippen molar-refractivity contribution in [3.63, 3.8) is 0 Å². The quantitative estimate of drug-likeness (QED) is 0.167. The highest BCUT2D eigenvalue weighted by Crippen LogP contribution is 2.54. The van der Waals surface area contributed by atoms with Crippen LogP contribution >= 0.6 is 11.3 Å². The zero-order valence-electron chi connectivity index (χ0n) is 24.6. The fourth-order valence-corrected chi connectivity index (χ4v) is 9.27. The van der Waals surface area contributed by atoms with Gasteiger partial charge >= 0.3 is 6.36 Å². The Bertz CT molecular complexity index is 1810. The lowest BCUT2D eigenvalue weighted by Gasteiger charge is -2.36. The average molecular weight is 672 g/mol. The maximum atomic E-state index is 14.5. The molecule has 0 radical (unpaired) electrons. The molecule has 1 aromatic heterocycles. The van der Waals surface area contributed by atoms with Crippen LogP contribution in [0.2, 0.25) is 0 Å². The van der Waals surface area contributed by atoms with Crippen LogP contribution in [0, 0.1) is 5.41 Å². The Labute approximate surface area is 268 Å². The Kier molecular flexibility index (Phi) is 8.51. The topological polar surface area (TPSA) is 120 Å². The predicted molar refractivity (Wildman–Crippen MR) is 171 cm³/mol. The molecule has 1 amide bonds. The van der Waals surface area contributed by atoms with Crippen molar-refractivity contribution in [2.75, 3.05) is 24.1 Å². The van der Waals surface area contributed by atoms with E-state index in [-0.39, 0.29) is 34.7 Å². The number of sulfone groups is 1. The minimum atomic E-state index is -4.81. The van der Waals surface area contributed by atoms with E-state index in [0.717, 1.165) is 48.5 Å². The number of rotatable bonds is 8. The zero-order valence-corrected chi connectivity index (χ0v) is 26.2. The Morgan fingerprint density at radius 2 is 1.54 bits per heavy atom. The third-order valence-corrected chi connectivity index (χ3v) is 12.2. The number of piperidine rings is 1. The van der Waals surface area contributed by atoms with Crippen molar-refractivity contribution in [1.29, 1.82) is 0 Å². The molecule has 1 unspecified atom stereocenters. The summed E-state index contributed by atoms with van der Waals surface area (Å²) in [6, 6.07) is 19.7. The second-order valence-electron chi connectivity index (χ2n) is 11.8. The van der Waals surface area contributed by atoms with Gasteiger partial charge in [-0.2, -0.15) is 0 Å². The van der Waals surface area contributed by atoms with E-state index in [1.807, 2.05) is 23.6 Å². The molecule has 1 aliphatic heterocycles. The minimum absolute atomic E-state index is 0.0322. The Morgan fingerprint density at radius 3 is 2.17 bits per heavy atom. The maximum Gasteiger partial charge on any atom is 0.573 e. The number of hydrogen-bond acceptors (Lipinski definition) is 8. The molecule has 1 atom stereocenters. The van der Waals surface area contributed by atoms with Crippen molar-refractivity contribution in [1.82, 2.24) is 5.32 Å². The number of carbonyl (C=O) groups excluding carboxylic acids is 1. The van der Waals surface area contributed by atoms with Gasteiger partial charge in [-0.15, -0.1) is 24.5 Å². The van der Waals surface area contributed by atoms with Crippen LogP contribution in [0.4, 0.5) is 24.5 Å². The summed E-state index contributed by atoms with van der Waals surface area (Å²) in [5.41, 5.74) is 7.52. The summed E-state index contributed by atoms with van der Waals surface area (Å²) in [6.45, 7) is 1.51. The van der Waals surface area contributed by atoms with Crippen LogP contribution < -0.4 is 25.8 Å². The fourth-order valence-electron chi connectivity index (χ4n) is 6.43. The highest BCUT2D eigenvalue weighted by molar-refractivity contribution is 7.93. The minimum Gasteiger partial charge on any atom is -0.457 e. The van der Waals surface area contributed by atoms with Crippen molar-refractivity contribution < 1.29 is 35.9 Å². The molecule has 1 aliphatic carbocycles. The van der Waals surface area contributed by atoms with E-state index in [9.17, 15) is 26.4 Å². The first kappa shape index (κ1) is 31.9. The Morgan fingerprint density at radius 1 is 0.891 bits per heavy atom. The number of anilines is 2. The first-order chi connectivity index (χ1) is 21.9. The van der Waals surface area contributed by atoms with Crippen molar-refractivity contribution in [3.8, 4) is 27.7 Å². The van der Waals surface area contributed by atoms with Crippen molar-refractivity contribution in [2.45, 2.75) is 48.1 Å². The molecule has 2 heterocycles. The summed E-state index contributed by atoms with van der Waals surface area (Å²) in [5, 5.41) is 8.18. The average Bonchev–Trinajstić information content (AvgIpc) is 3.69. The van der Waals surface area contributed by atoms with E-state index in [1.54, 1.807) is 23.5 Å². The van der Waals surface area contributed by atoms with Crippen LogP contribution in [-0.4, -0.2) is 38.5 Å². The highest BCUT2D eigenvalue weighted by atomic mass is 32.2. The molecular formula is C33H32F3N3O5S2. The molecule has 8 nitrogen and oxygen atoms in total. The third kappa shape index (κ3) is 6.44. The highest BCUT2D eigenvalue weighted by Gasteiger charge is 2.60. The zero-order chi connectivity index (χ0) is 32.6. The van der Waals surface area contributed by atoms with Gasteiger partial charge in [-0.1, -0.05) is 12.1 Å². The van der Waals surface area contributed by atoms with E-state index in [2.05, 4.69) is 15.4 Å². The number of hydrogen-bond donors (Lipinski definition) is 3. The number of benzene rings is 3. The number of halogens is 3. The second-order valence-corrected chi connectivity index (χ2v) is 15.0. The van der Waals surface area contributed by atoms with Crippen molar-refractivity contribution >= 4 is 38.5 Å². The van der Waals surface area contributed by atoms with Gasteiger partial charge in [-0.05, 0) is 128 Å². The molecule has 46 heavy (non-hydrogen) atoms. The van der Waals surface area contributed by atoms with Crippen LogP contribution in [0.25, 0.3) is 10.4 Å². The lowest BCUT2D eigenvalue weighted by Crippen LogP contribution is -2.49. The maximum absolute atomic E-state index is 14.5. The van der Waals surface area contributed by atoms with Gasteiger partial charge in [-0.25, -0.2) is 8.42 Å². The van der Waals surface area contributed by atoms with E-state index in [0.29, 0.717) is 17.8 Å². The molecule has 13 heteroatoms. The van der Waals surface area contributed by atoms with Gasteiger partial charge in [-0.3, -0.25) is 4.79 Å². The third-order valence-electron chi connectivity index (χ3n) is 8.85. The van der Waals surface area contributed by atoms with Crippen LogP contribution in [0.5, 0.6) is 17.2 Å². The summed E-state index contributed by atoms with van der Waals surface area (Å²) >= 11 is 1.54. The summed E-state index contributed by atoms with van der Waals surface area (Å²) in [4.78, 5) is 15.2. The number of carbonyl (C=O) groups is 1. The molecule has 0 bridgehead atoms. The van der Waals surface area contributed by atoms with Gasteiger partial charge in [0.15, 0.2) is 14.6 Å². The fraction of sp³-hybridized carbons (Fsp3) is 0.303. The molecular weight excluding hydrogens is 640 g/mol. The van der Waals surface area contributed by atoms with Gasteiger partial charge in [0, 0.05) is 4.88 Å². The Balaban J connectivity index is 1.28. The summed E-state index contributed by atoms with van der Waals surface area (Å²) in [7, 11) is -4.22. The summed E-state index contributed by atoms with van der Waals surface area (Å²) < 4.78 is 74.3. The second kappa shape index (κ2) is 12.3. The van der Waals surface area contributed by atoms with Gasteiger partial charge in [0.05, 0.1) is 16.3 Å². The number of amides is 1. The lowest BCUT2D eigenvalue weighted by atomic mass is 9.77. The number of alkyl halides is 3. The molecule has 242 valence electrons. The Hall–Kier alpha value is -4.07. The largest absolute Gasteiger partial charge is 0.573 e. The van der Waals surface area contributed by atoms with E-state index < -0.39 is 32.6 Å². The summed E-state index contributed by atoms with van der Waals surface area (Å²) in [5.74, 6) is -0.513. The van der Waals surface area contributed by atoms with Crippen LogP contribution in [0.1, 0.15) is 32.1 Å². The van der Waals surface area contributed by atoms with Crippen LogP contribution in [-0.2, 0) is 14.6 Å².